The summed E-state index contributed by atoms with van der Waals surface area (Å²) in [6, 6.07) is 0. The van der Waals surface area contributed by atoms with Crippen molar-refractivity contribution >= 4 is 35.6 Å². The number of amides is 4. The average Bonchev–Trinajstić information content (AvgIpc) is 3.89. The average molecular weight is 1020 g/mol. The Bertz CT molecular complexity index is 2030. The van der Waals surface area contributed by atoms with Crippen LogP contribution in [-0.4, -0.2) is 87.2 Å². The second-order valence-corrected chi connectivity index (χ2v) is 29.6. The third-order valence-electron chi connectivity index (χ3n) is 20.1. The Hall–Kier alpha value is -3.47. The Balaban J connectivity index is 0.000000124. The molecule has 72 heavy (non-hydrogen) atoms. The van der Waals surface area contributed by atoms with Gasteiger partial charge in [0.15, 0.2) is 0 Å². The molecule has 14 nitrogen and oxygen atoms in total. The number of esters is 1. The van der Waals surface area contributed by atoms with E-state index in [1.54, 1.807) is 20.8 Å². The Kier molecular flexibility index (Phi) is 13.3. The highest BCUT2D eigenvalue weighted by atomic mass is 19.4. The number of halogens is 3. The van der Waals surface area contributed by atoms with Crippen LogP contribution in [0.3, 0.4) is 0 Å². The molecule has 19 aliphatic rings. The molecule has 4 amide bonds. The van der Waals surface area contributed by atoms with E-state index in [0.717, 1.165) is 55.3 Å². The lowest BCUT2D eigenvalue weighted by atomic mass is 9.30. The van der Waals surface area contributed by atoms with Crippen LogP contribution in [0.4, 0.5) is 13.2 Å². The van der Waals surface area contributed by atoms with Gasteiger partial charge in [-0.3, -0.25) is 24.0 Å². The number of aliphatic carboxylic acids is 1. The molecule has 0 spiro atoms. The number of rotatable bonds is 6. The Morgan fingerprint density at radius 3 is 0.986 bits per heavy atom. The van der Waals surface area contributed by atoms with E-state index in [1.165, 1.54) is 104 Å². The summed E-state index contributed by atoms with van der Waals surface area (Å²) in [5.74, 6) is -1.51. The van der Waals surface area contributed by atoms with Crippen LogP contribution in [0.1, 0.15) is 212 Å². The highest BCUT2D eigenvalue weighted by molar-refractivity contribution is 5.84. The van der Waals surface area contributed by atoms with Gasteiger partial charge in [-0.25, -0.2) is 4.79 Å². The number of methoxy groups -OCH3 is 1. The minimum absolute atomic E-state index is 0.0156. The van der Waals surface area contributed by atoms with Gasteiger partial charge >= 0.3 is 18.1 Å². The largest absolute Gasteiger partial charge is 0.490 e. The normalized spacial score (nSPS) is 44.4. The standard InChI is InChI=1S/C10H15NO.C10H18.C9H13NO3.C9H17N.C8H13NO.C7H12N2O.C2HF3O2/c1-7(12)11-10-4-9(5-10,6-10)8-2-3-8;1-8(2,3)10-5-9(4,6-10)7-10;1-6(11)10-9-3-8(4-9,5-9)7(12)13-2;1-7(2,3)8-4-9(10,5-8)6-8;1-6(10)9-8-3-7(2,4-8)5-8;1-5(10)9-7-2-6(8,3-7)4-7;3-2(4,5)1(6)7/h8H,2-6H2,1H3,(H,11,12);5-7H2,1-4H3;3-5H2,1-2H3,(H,10,11);4-6,10H2,1-3H3;3-5H2,1-2H3,(H,9,10);2-4,8H2,1H3,(H,9,10);(H,6,7). The number of hydrogen-bond acceptors (Lipinski definition) is 9. The van der Waals surface area contributed by atoms with Gasteiger partial charge in [0.2, 0.25) is 23.6 Å². The first-order valence-electron chi connectivity index (χ1n) is 26.5. The minimum Gasteiger partial charge on any atom is -0.475 e. The van der Waals surface area contributed by atoms with Crippen molar-refractivity contribution < 1.29 is 51.8 Å². The van der Waals surface area contributed by atoms with Crippen LogP contribution in [0.15, 0.2) is 0 Å². The number of carboxylic acid groups (broad SMARTS) is 1. The van der Waals surface area contributed by atoms with E-state index in [9.17, 15) is 37.1 Å². The zero-order chi connectivity index (χ0) is 54.2. The van der Waals surface area contributed by atoms with E-state index >= 15 is 0 Å². The van der Waals surface area contributed by atoms with Crippen LogP contribution in [-0.2, 0) is 33.5 Å². The maximum absolute atomic E-state index is 11.2. The number of ether oxygens (including phenoxy) is 1. The second-order valence-electron chi connectivity index (χ2n) is 29.6. The van der Waals surface area contributed by atoms with Crippen LogP contribution in [0.25, 0.3) is 0 Å². The molecule has 19 saturated carbocycles. The van der Waals surface area contributed by atoms with Crippen molar-refractivity contribution in [2.75, 3.05) is 7.11 Å². The molecule has 19 fully saturated rings. The number of carbonyl (C=O) groups is 6. The molecule has 0 unspecified atom stereocenters. The van der Waals surface area contributed by atoms with Gasteiger partial charge in [0.05, 0.1) is 12.5 Å². The molecule has 12 bridgehead atoms. The number of nitrogens with one attached hydrogen (secondary N) is 4. The predicted octanol–water partition coefficient (Wildman–Crippen LogP) is 8.26. The number of carbonyl (C=O) groups excluding carboxylic acids is 5. The lowest BCUT2D eigenvalue weighted by Gasteiger charge is -2.75. The van der Waals surface area contributed by atoms with Gasteiger partial charge in [-0.2, -0.15) is 13.2 Å². The molecule has 0 aromatic heterocycles. The SMILES string of the molecule is CC(=O)NC12CC(C)(C1)C2.CC(=O)NC12CC(C3CC3)(C1)C2.CC(=O)NC12CC(N)(C1)C2.CC(C)(C)C12CC(N)(C1)C2.CC12CC(C(C)(C)C)(C1)C2.COC(=O)C12CC(NC(C)=O)(C1)C2.O=C(O)C(F)(F)F. The summed E-state index contributed by atoms with van der Waals surface area (Å²) in [5.41, 5.74) is 17.0. The zero-order valence-corrected chi connectivity index (χ0v) is 45.8. The van der Waals surface area contributed by atoms with E-state index in [1.807, 2.05) is 0 Å². The highest BCUT2D eigenvalue weighted by Crippen LogP contribution is 2.79. The van der Waals surface area contributed by atoms with E-state index < -0.39 is 12.1 Å². The summed E-state index contributed by atoms with van der Waals surface area (Å²) in [4.78, 5) is 63.1. The minimum atomic E-state index is -5.08. The van der Waals surface area contributed by atoms with E-state index in [2.05, 4.69) is 76.7 Å². The fourth-order valence-corrected chi connectivity index (χ4v) is 17.2. The fourth-order valence-electron chi connectivity index (χ4n) is 17.2. The van der Waals surface area contributed by atoms with Gasteiger partial charge in [-0.15, -0.1) is 0 Å². The van der Waals surface area contributed by atoms with Gasteiger partial charge < -0.3 is 42.6 Å². The summed E-state index contributed by atoms with van der Waals surface area (Å²) in [6.07, 6.45) is 18.9. The lowest BCUT2D eigenvalue weighted by molar-refractivity contribution is -0.248. The molecule has 408 valence electrons. The van der Waals surface area contributed by atoms with Gasteiger partial charge in [0.25, 0.3) is 0 Å². The Morgan fingerprint density at radius 2 is 0.778 bits per heavy atom. The summed E-state index contributed by atoms with van der Waals surface area (Å²) in [6.45, 7) is 25.2. The molecule has 0 aliphatic heterocycles. The van der Waals surface area contributed by atoms with Crippen molar-refractivity contribution in [2.45, 2.75) is 251 Å². The number of alkyl halides is 3. The van der Waals surface area contributed by atoms with Crippen molar-refractivity contribution in [3.63, 3.8) is 0 Å². The lowest BCUT2D eigenvalue weighted by Crippen LogP contribution is -2.82. The molecule has 17 heteroatoms. The number of nitrogens with two attached hydrogens (primary N) is 2. The fraction of sp³-hybridized carbons (Fsp3) is 0.891. The van der Waals surface area contributed by atoms with Crippen LogP contribution in [0.2, 0.25) is 0 Å². The third kappa shape index (κ3) is 10.4. The smallest absolute Gasteiger partial charge is 0.475 e. The van der Waals surface area contributed by atoms with Crippen LogP contribution in [0.5, 0.6) is 0 Å². The van der Waals surface area contributed by atoms with Crippen molar-refractivity contribution in [1.29, 1.82) is 0 Å². The highest BCUT2D eigenvalue weighted by Gasteiger charge is 2.74. The molecular formula is C55H89F3N6O8. The van der Waals surface area contributed by atoms with Crippen LogP contribution in [0, 0.1) is 49.2 Å². The Labute approximate surface area is 426 Å². The zero-order valence-electron chi connectivity index (χ0n) is 45.8. The van der Waals surface area contributed by atoms with Gasteiger partial charge in [-0.05, 0) is 172 Å². The van der Waals surface area contributed by atoms with Gasteiger partial charge in [0, 0.05) is 60.9 Å². The van der Waals surface area contributed by atoms with Crippen molar-refractivity contribution in [3.8, 4) is 0 Å². The summed E-state index contributed by atoms with van der Waals surface area (Å²) in [5, 5.41) is 19.0. The first kappa shape index (κ1) is 56.3. The van der Waals surface area contributed by atoms with Crippen molar-refractivity contribution in [1.82, 2.24) is 21.3 Å². The van der Waals surface area contributed by atoms with Gasteiger partial charge in [0.1, 0.15) is 0 Å². The molecule has 19 aliphatic carbocycles. The number of carboxylic acids is 1. The summed E-state index contributed by atoms with van der Waals surface area (Å²) >= 11 is 0. The van der Waals surface area contributed by atoms with E-state index in [0.29, 0.717) is 27.1 Å². The van der Waals surface area contributed by atoms with Gasteiger partial charge in [-0.1, -0.05) is 55.4 Å². The molecule has 0 saturated heterocycles. The Morgan fingerprint density at radius 1 is 0.500 bits per heavy atom. The summed E-state index contributed by atoms with van der Waals surface area (Å²) < 4.78 is 36.4. The first-order valence-corrected chi connectivity index (χ1v) is 26.5. The second kappa shape index (κ2) is 17.0. The molecule has 19 rings (SSSR count). The molecule has 0 aromatic carbocycles. The van der Waals surface area contributed by atoms with Crippen molar-refractivity contribution in [3.05, 3.63) is 0 Å². The molecule has 0 atom stereocenters. The topological polar surface area (TPSA) is 232 Å². The van der Waals surface area contributed by atoms with Crippen LogP contribution >= 0.6 is 0 Å². The third-order valence-corrected chi connectivity index (χ3v) is 20.1. The first-order chi connectivity index (χ1) is 32.4. The van der Waals surface area contributed by atoms with E-state index in [-0.39, 0.29) is 68.2 Å². The molecule has 9 N–H and O–H groups in total. The number of hydrogen-bond donors (Lipinski definition) is 7. The monoisotopic (exact) mass is 1020 g/mol. The molecule has 0 heterocycles. The maximum Gasteiger partial charge on any atom is 0.490 e. The quantitative estimate of drug-likeness (QED) is 0.126. The molecule has 0 radical (unpaired) electrons. The maximum atomic E-state index is 11.2. The molecule has 0 aromatic rings. The van der Waals surface area contributed by atoms with Crippen LogP contribution < -0.4 is 32.7 Å². The molecular weight excluding hydrogens is 930 g/mol. The van der Waals surface area contributed by atoms with Crippen molar-refractivity contribution in [2.24, 2.45) is 60.7 Å². The predicted molar refractivity (Wildman–Crippen MR) is 266 cm³/mol. The van der Waals surface area contributed by atoms with E-state index in [4.69, 9.17) is 26.1 Å². The summed E-state index contributed by atoms with van der Waals surface area (Å²) in [7, 11) is 1.41.